The number of amides is 1. The molecule has 25 heavy (non-hydrogen) atoms. The molecule has 0 aromatic heterocycles. The van der Waals surface area contributed by atoms with E-state index in [1.54, 1.807) is 12.1 Å². The van der Waals surface area contributed by atoms with Gasteiger partial charge in [0.15, 0.2) is 0 Å². The molecule has 3 aromatic rings. The molecule has 1 aliphatic rings. The van der Waals surface area contributed by atoms with Gasteiger partial charge in [0.25, 0.3) is 5.91 Å². The van der Waals surface area contributed by atoms with Crippen molar-refractivity contribution in [2.45, 2.75) is 19.3 Å². The van der Waals surface area contributed by atoms with Crippen LogP contribution in [0.1, 0.15) is 34.3 Å². The summed E-state index contributed by atoms with van der Waals surface area (Å²) in [7, 11) is 0. The molecule has 4 rings (SSSR count). The Morgan fingerprint density at radius 2 is 1.76 bits per heavy atom. The molecular weight excluding hydrogens is 312 g/mol. The van der Waals surface area contributed by atoms with E-state index in [0.29, 0.717) is 5.39 Å². The molecule has 4 nitrogen and oxygen atoms in total. The number of rotatable bonds is 2. The van der Waals surface area contributed by atoms with Crippen molar-refractivity contribution in [1.82, 2.24) is 5.43 Å². The third-order valence-corrected chi connectivity index (χ3v) is 4.61. The highest BCUT2D eigenvalue weighted by Crippen LogP contribution is 2.27. The summed E-state index contributed by atoms with van der Waals surface area (Å²) in [5, 5.41) is 16.1. The van der Waals surface area contributed by atoms with E-state index in [0.717, 1.165) is 35.9 Å². The summed E-state index contributed by atoms with van der Waals surface area (Å²) < 4.78 is 0. The number of phenolic OH excluding ortho intramolecular Hbond substituents is 1. The normalized spacial score (nSPS) is 15.1. The van der Waals surface area contributed by atoms with Crippen LogP contribution in [0.4, 0.5) is 0 Å². The maximum absolute atomic E-state index is 12.7. The van der Waals surface area contributed by atoms with Gasteiger partial charge in [-0.15, -0.1) is 0 Å². The highest BCUT2D eigenvalue weighted by Gasteiger charge is 2.17. The lowest BCUT2D eigenvalue weighted by Crippen LogP contribution is -2.22. The lowest BCUT2D eigenvalue weighted by molar-refractivity contribution is 0.0954. The van der Waals surface area contributed by atoms with E-state index >= 15 is 0 Å². The van der Waals surface area contributed by atoms with Gasteiger partial charge in [0.1, 0.15) is 5.75 Å². The third kappa shape index (κ3) is 2.87. The number of nitrogens with one attached hydrogen (secondary N) is 1. The maximum atomic E-state index is 12.7. The van der Waals surface area contributed by atoms with E-state index in [-0.39, 0.29) is 11.3 Å². The first-order chi connectivity index (χ1) is 12.2. The van der Waals surface area contributed by atoms with Crippen LogP contribution in [0.2, 0.25) is 0 Å². The van der Waals surface area contributed by atoms with E-state index in [4.69, 9.17) is 0 Å². The standard InChI is InChI=1S/C21H18N2O2/c24-19-13-12-15-7-2-4-10-17(15)20(19)21(25)23-22-18-11-5-8-14-6-1-3-9-16(14)18/h1-4,6-7,9-10,12-13,24H,5,8,11H2,(H,23,25)/b22-18+. The monoisotopic (exact) mass is 330 g/mol. The molecule has 0 aliphatic heterocycles. The number of fused-ring (bicyclic) bond motifs is 2. The minimum Gasteiger partial charge on any atom is -0.507 e. The molecule has 0 heterocycles. The predicted octanol–water partition coefficient (Wildman–Crippen LogP) is 4.02. The van der Waals surface area contributed by atoms with Crippen LogP contribution < -0.4 is 5.43 Å². The Kier molecular flexibility index (Phi) is 3.94. The average molecular weight is 330 g/mol. The average Bonchev–Trinajstić information content (AvgIpc) is 2.66. The molecule has 1 amide bonds. The van der Waals surface area contributed by atoms with Crippen molar-refractivity contribution in [2.75, 3.05) is 0 Å². The molecule has 124 valence electrons. The second kappa shape index (κ2) is 6.40. The van der Waals surface area contributed by atoms with Crippen LogP contribution in [0, 0.1) is 0 Å². The van der Waals surface area contributed by atoms with Gasteiger partial charge in [-0.25, -0.2) is 5.43 Å². The van der Waals surface area contributed by atoms with Crippen LogP contribution in [-0.2, 0) is 6.42 Å². The number of hydrogen-bond donors (Lipinski definition) is 2. The third-order valence-electron chi connectivity index (χ3n) is 4.61. The zero-order chi connectivity index (χ0) is 17.2. The van der Waals surface area contributed by atoms with E-state index < -0.39 is 5.91 Å². The SMILES string of the molecule is O=C(N/N=C1\CCCc2ccccc21)c1c(O)ccc2ccccc12. The second-order valence-corrected chi connectivity index (χ2v) is 6.19. The Morgan fingerprint density at radius 3 is 2.68 bits per heavy atom. The fourth-order valence-electron chi connectivity index (χ4n) is 3.39. The van der Waals surface area contributed by atoms with Gasteiger partial charge in [0, 0.05) is 5.56 Å². The molecule has 0 saturated carbocycles. The van der Waals surface area contributed by atoms with Gasteiger partial charge in [-0.2, -0.15) is 5.10 Å². The highest BCUT2D eigenvalue weighted by molar-refractivity contribution is 6.10. The predicted molar refractivity (Wildman–Crippen MR) is 99.0 cm³/mol. The minimum absolute atomic E-state index is 0.0413. The van der Waals surface area contributed by atoms with Crippen LogP contribution in [0.25, 0.3) is 10.8 Å². The van der Waals surface area contributed by atoms with E-state index in [2.05, 4.69) is 16.6 Å². The fraction of sp³-hybridized carbons (Fsp3) is 0.143. The summed E-state index contributed by atoms with van der Waals surface area (Å²) in [6.07, 6.45) is 2.89. The largest absolute Gasteiger partial charge is 0.507 e. The first-order valence-electron chi connectivity index (χ1n) is 8.40. The Hall–Kier alpha value is -3.14. The van der Waals surface area contributed by atoms with Gasteiger partial charge in [-0.3, -0.25) is 4.79 Å². The van der Waals surface area contributed by atoms with Crippen molar-refractivity contribution in [2.24, 2.45) is 5.10 Å². The molecule has 0 fully saturated rings. The number of phenols is 1. The Morgan fingerprint density at radius 1 is 0.960 bits per heavy atom. The quantitative estimate of drug-likeness (QED) is 0.697. The number of hydrogen-bond acceptors (Lipinski definition) is 3. The molecular formula is C21H18N2O2. The maximum Gasteiger partial charge on any atom is 0.275 e. The molecule has 0 bridgehead atoms. The number of nitrogens with zero attached hydrogens (tertiary/aromatic N) is 1. The van der Waals surface area contributed by atoms with Crippen LogP contribution in [0.3, 0.4) is 0 Å². The fourth-order valence-corrected chi connectivity index (χ4v) is 3.39. The summed E-state index contributed by atoms with van der Waals surface area (Å²) in [4.78, 5) is 12.7. The smallest absolute Gasteiger partial charge is 0.275 e. The Bertz CT molecular complexity index is 992. The topological polar surface area (TPSA) is 61.7 Å². The summed E-state index contributed by atoms with van der Waals surface area (Å²) >= 11 is 0. The summed E-state index contributed by atoms with van der Waals surface area (Å²) in [5.41, 5.74) is 6.12. The second-order valence-electron chi connectivity index (χ2n) is 6.19. The van der Waals surface area contributed by atoms with Crippen molar-refractivity contribution >= 4 is 22.4 Å². The van der Waals surface area contributed by atoms with Crippen LogP contribution >= 0.6 is 0 Å². The minimum atomic E-state index is -0.398. The van der Waals surface area contributed by atoms with E-state index in [1.165, 1.54) is 5.56 Å². The summed E-state index contributed by atoms with van der Waals surface area (Å²) in [6, 6.07) is 19.0. The van der Waals surface area contributed by atoms with Gasteiger partial charge in [-0.05, 0) is 41.7 Å². The number of aryl methyl sites for hydroxylation is 1. The molecule has 0 atom stereocenters. The number of carbonyl (C=O) groups excluding carboxylic acids is 1. The summed E-state index contributed by atoms with van der Waals surface area (Å²) in [5.74, 6) is -0.440. The number of aromatic hydroxyl groups is 1. The number of carbonyl (C=O) groups is 1. The molecule has 0 unspecified atom stereocenters. The van der Waals surface area contributed by atoms with E-state index in [9.17, 15) is 9.90 Å². The molecule has 0 saturated heterocycles. The van der Waals surface area contributed by atoms with Crippen molar-refractivity contribution in [1.29, 1.82) is 0 Å². The summed E-state index contributed by atoms with van der Waals surface area (Å²) in [6.45, 7) is 0. The first kappa shape index (κ1) is 15.4. The van der Waals surface area contributed by atoms with Crippen molar-refractivity contribution in [3.8, 4) is 5.75 Å². The molecule has 0 spiro atoms. The van der Waals surface area contributed by atoms with Gasteiger partial charge < -0.3 is 5.11 Å². The van der Waals surface area contributed by atoms with Crippen molar-refractivity contribution in [3.63, 3.8) is 0 Å². The lowest BCUT2D eigenvalue weighted by Gasteiger charge is -2.17. The molecule has 4 heteroatoms. The van der Waals surface area contributed by atoms with Crippen molar-refractivity contribution < 1.29 is 9.90 Å². The Labute approximate surface area is 145 Å². The van der Waals surface area contributed by atoms with Gasteiger partial charge in [0.05, 0.1) is 11.3 Å². The van der Waals surface area contributed by atoms with Crippen LogP contribution in [0.15, 0.2) is 65.8 Å². The first-order valence-corrected chi connectivity index (χ1v) is 8.40. The van der Waals surface area contributed by atoms with Crippen molar-refractivity contribution in [3.05, 3.63) is 77.4 Å². The molecule has 0 radical (unpaired) electrons. The lowest BCUT2D eigenvalue weighted by atomic mass is 9.90. The van der Waals surface area contributed by atoms with Gasteiger partial charge in [0.2, 0.25) is 0 Å². The number of benzene rings is 3. The van der Waals surface area contributed by atoms with Crippen LogP contribution in [-0.4, -0.2) is 16.7 Å². The van der Waals surface area contributed by atoms with Gasteiger partial charge in [-0.1, -0.05) is 54.6 Å². The highest BCUT2D eigenvalue weighted by atomic mass is 16.3. The van der Waals surface area contributed by atoms with Crippen LogP contribution in [0.5, 0.6) is 5.75 Å². The Balaban J connectivity index is 1.67. The van der Waals surface area contributed by atoms with Gasteiger partial charge >= 0.3 is 0 Å². The molecule has 2 N–H and O–H groups in total. The number of hydrazone groups is 1. The van der Waals surface area contributed by atoms with E-state index in [1.807, 2.05) is 42.5 Å². The zero-order valence-corrected chi connectivity index (χ0v) is 13.7. The molecule has 1 aliphatic carbocycles. The molecule has 3 aromatic carbocycles. The zero-order valence-electron chi connectivity index (χ0n) is 13.7.